The lowest BCUT2D eigenvalue weighted by Gasteiger charge is -2.38. The highest BCUT2D eigenvalue weighted by Crippen LogP contribution is 2.25. The Morgan fingerprint density at radius 3 is 2.48 bits per heavy atom. The van der Waals surface area contributed by atoms with E-state index in [0.29, 0.717) is 0 Å². The summed E-state index contributed by atoms with van der Waals surface area (Å²) in [5.41, 5.74) is 0. The van der Waals surface area contributed by atoms with E-state index in [1.54, 1.807) is 0 Å². The van der Waals surface area contributed by atoms with Crippen LogP contribution in [0.1, 0.15) is 56.8 Å². The largest absolute Gasteiger partial charge is 0.338 e. The number of hydrogen-bond acceptors (Lipinski definition) is 5. The highest BCUT2D eigenvalue weighted by atomic mass is 16.5. The standard InChI is InChI=1S/C16H28N4O/c1-13(16-17-14(2)18-21-16)20-10-8-19(9-11-20)12-15-6-4-3-5-7-15/h13,15H,3-12H2,1-2H3. The van der Waals surface area contributed by atoms with Crippen molar-refractivity contribution >= 4 is 0 Å². The quantitative estimate of drug-likeness (QED) is 0.853. The van der Waals surface area contributed by atoms with Gasteiger partial charge in [0.1, 0.15) is 0 Å². The summed E-state index contributed by atoms with van der Waals surface area (Å²) < 4.78 is 5.31. The van der Waals surface area contributed by atoms with E-state index in [0.717, 1.165) is 30.7 Å². The average molecular weight is 292 g/mol. The van der Waals surface area contributed by atoms with Gasteiger partial charge in [0.25, 0.3) is 0 Å². The summed E-state index contributed by atoms with van der Waals surface area (Å²) in [5.74, 6) is 2.43. The van der Waals surface area contributed by atoms with Gasteiger partial charge in [-0.3, -0.25) is 4.90 Å². The van der Waals surface area contributed by atoms with Crippen molar-refractivity contribution in [1.29, 1.82) is 0 Å². The van der Waals surface area contributed by atoms with Crippen molar-refractivity contribution in [2.75, 3.05) is 32.7 Å². The highest BCUT2D eigenvalue weighted by Gasteiger charge is 2.26. The molecule has 1 aliphatic carbocycles. The second kappa shape index (κ2) is 6.88. The molecule has 2 fully saturated rings. The Morgan fingerprint density at radius 1 is 1.14 bits per heavy atom. The Balaban J connectivity index is 1.46. The van der Waals surface area contributed by atoms with E-state index in [4.69, 9.17) is 4.52 Å². The molecular formula is C16H28N4O. The van der Waals surface area contributed by atoms with Crippen molar-refractivity contribution in [3.63, 3.8) is 0 Å². The first-order chi connectivity index (χ1) is 10.2. The zero-order valence-corrected chi connectivity index (χ0v) is 13.4. The molecule has 0 amide bonds. The molecule has 118 valence electrons. The van der Waals surface area contributed by atoms with Crippen LogP contribution in [0.4, 0.5) is 0 Å². The number of nitrogens with zero attached hydrogens (tertiary/aromatic N) is 4. The van der Waals surface area contributed by atoms with E-state index in [1.807, 2.05) is 6.92 Å². The summed E-state index contributed by atoms with van der Waals surface area (Å²) in [6.07, 6.45) is 7.22. The SMILES string of the molecule is Cc1noc(C(C)N2CCN(CC3CCCCC3)CC2)n1. The molecule has 5 nitrogen and oxygen atoms in total. The maximum absolute atomic E-state index is 5.31. The molecule has 0 radical (unpaired) electrons. The predicted octanol–water partition coefficient (Wildman–Crippen LogP) is 2.64. The zero-order chi connectivity index (χ0) is 14.7. The molecule has 21 heavy (non-hydrogen) atoms. The Bertz CT molecular complexity index is 433. The van der Waals surface area contributed by atoms with Crippen LogP contribution in [0.2, 0.25) is 0 Å². The molecule has 0 bridgehead atoms. The van der Waals surface area contributed by atoms with Gasteiger partial charge in [-0.15, -0.1) is 0 Å². The minimum Gasteiger partial charge on any atom is -0.338 e. The molecule has 0 spiro atoms. The van der Waals surface area contributed by atoms with Gasteiger partial charge in [0.2, 0.25) is 5.89 Å². The second-order valence-corrected chi connectivity index (χ2v) is 6.70. The van der Waals surface area contributed by atoms with Gasteiger partial charge in [-0.1, -0.05) is 24.4 Å². The number of hydrogen-bond donors (Lipinski definition) is 0. The van der Waals surface area contributed by atoms with Gasteiger partial charge in [-0.05, 0) is 32.6 Å². The summed E-state index contributed by atoms with van der Waals surface area (Å²) >= 11 is 0. The van der Waals surface area contributed by atoms with Crippen LogP contribution < -0.4 is 0 Å². The van der Waals surface area contributed by atoms with Crippen molar-refractivity contribution in [3.05, 3.63) is 11.7 Å². The van der Waals surface area contributed by atoms with Crippen LogP contribution in [0.3, 0.4) is 0 Å². The van der Waals surface area contributed by atoms with Crippen molar-refractivity contribution in [2.45, 2.75) is 52.0 Å². The molecule has 5 heteroatoms. The van der Waals surface area contributed by atoms with Crippen LogP contribution in [-0.2, 0) is 0 Å². The summed E-state index contributed by atoms with van der Waals surface area (Å²) in [6.45, 7) is 9.92. The Labute approximate surface area is 127 Å². The van der Waals surface area contributed by atoms with Gasteiger partial charge in [0, 0.05) is 32.7 Å². The van der Waals surface area contributed by atoms with Crippen LogP contribution in [0.5, 0.6) is 0 Å². The average Bonchev–Trinajstić information content (AvgIpc) is 2.95. The molecule has 2 heterocycles. The van der Waals surface area contributed by atoms with Crippen LogP contribution in [0.25, 0.3) is 0 Å². The summed E-state index contributed by atoms with van der Waals surface area (Å²) in [7, 11) is 0. The molecule has 1 saturated heterocycles. The van der Waals surface area contributed by atoms with Crippen molar-refractivity contribution in [2.24, 2.45) is 5.92 Å². The number of rotatable bonds is 4. The molecule has 1 unspecified atom stereocenters. The molecule has 1 aliphatic heterocycles. The predicted molar refractivity (Wildman–Crippen MR) is 82.0 cm³/mol. The number of piperazine rings is 1. The zero-order valence-electron chi connectivity index (χ0n) is 13.4. The van der Waals surface area contributed by atoms with Gasteiger partial charge in [0.05, 0.1) is 6.04 Å². The normalized spacial score (nSPS) is 24.3. The van der Waals surface area contributed by atoms with E-state index in [1.165, 1.54) is 51.7 Å². The molecule has 0 N–H and O–H groups in total. The monoisotopic (exact) mass is 292 g/mol. The van der Waals surface area contributed by atoms with Gasteiger partial charge in [0.15, 0.2) is 5.82 Å². The maximum atomic E-state index is 5.31. The molecular weight excluding hydrogens is 264 g/mol. The lowest BCUT2D eigenvalue weighted by Crippen LogP contribution is -2.48. The summed E-state index contributed by atoms with van der Waals surface area (Å²) in [4.78, 5) is 9.48. The van der Waals surface area contributed by atoms with E-state index in [2.05, 4.69) is 26.9 Å². The van der Waals surface area contributed by atoms with Gasteiger partial charge < -0.3 is 9.42 Å². The Morgan fingerprint density at radius 2 is 1.86 bits per heavy atom. The molecule has 1 aromatic heterocycles. The first-order valence-electron chi connectivity index (χ1n) is 8.49. The molecule has 0 aromatic carbocycles. The third-order valence-electron chi connectivity index (χ3n) is 5.10. The fourth-order valence-corrected chi connectivity index (χ4v) is 3.71. The lowest BCUT2D eigenvalue weighted by atomic mass is 9.89. The van der Waals surface area contributed by atoms with Crippen molar-refractivity contribution in [1.82, 2.24) is 19.9 Å². The summed E-state index contributed by atoms with van der Waals surface area (Å²) in [5, 5.41) is 3.90. The van der Waals surface area contributed by atoms with E-state index in [-0.39, 0.29) is 6.04 Å². The van der Waals surface area contributed by atoms with Crippen LogP contribution in [0.15, 0.2) is 4.52 Å². The smallest absolute Gasteiger partial charge is 0.243 e. The molecule has 1 aromatic rings. The van der Waals surface area contributed by atoms with Gasteiger partial charge >= 0.3 is 0 Å². The minimum absolute atomic E-state index is 0.239. The lowest BCUT2D eigenvalue weighted by molar-refractivity contribution is 0.0749. The van der Waals surface area contributed by atoms with Gasteiger partial charge in [-0.25, -0.2) is 0 Å². The van der Waals surface area contributed by atoms with Crippen molar-refractivity contribution < 1.29 is 4.52 Å². The maximum Gasteiger partial charge on any atom is 0.243 e. The topological polar surface area (TPSA) is 45.4 Å². The number of aryl methyl sites for hydroxylation is 1. The van der Waals surface area contributed by atoms with Crippen LogP contribution in [-0.4, -0.2) is 52.7 Å². The van der Waals surface area contributed by atoms with E-state index in [9.17, 15) is 0 Å². The molecule has 2 aliphatic rings. The second-order valence-electron chi connectivity index (χ2n) is 6.70. The van der Waals surface area contributed by atoms with E-state index >= 15 is 0 Å². The van der Waals surface area contributed by atoms with Crippen LogP contribution in [0, 0.1) is 12.8 Å². The van der Waals surface area contributed by atoms with Crippen molar-refractivity contribution in [3.8, 4) is 0 Å². The van der Waals surface area contributed by atoms with Gasteiger partial charge in [-0.2, -0.15) is 4.98 Å². The minimum atomic E-state index is 0.239. The molecule has 1 saturated carbocycles. The number of aromatic nitrogens is 2. The first-order valence-corrected chi connectivity index (χ1v) is 8.49. The summed E-state index contributed by atoms with van der Waals surface area (Å²) in [6, 6.07) is 0.239. The first kappa shape index (κ1) is 15.0. The molecule has 3 rings (SSSR count). The van der Waals surface area contributed by atoms with E-state index < -0.39 is 0 Å². The third-order valence-corrected chi connectivity index (χ3v) is 5.10. The Kier molecular flexibility index (Phi) is 4.91. The third kappa shape index (κ3) is 3.83. The fourth-order valence-electron chi connectivity index (χ4n) is 3.71. The molecule has 1 atom stereocenters. The van der Waals surface area contributed by atoms with Crippen LogP contribution >= 0.6 is 0 Å². The highest BCUT2D eigenvalue weighted by molar-refractivity contribution is 4.92. The fraction of sp³-hybridized carbons (Fsp3) is 0.875. The Hall–Kier alpha value is -0.940.